The molecule has 2 aliphatic heterocycles. The Morgan fingerprint density at radius 3 is 2.48 bits per heavy atom. The molecule has 0 radical (unpaired) electrons. The number of ether oxygens (including phenoxy) is 1. The number of aldehydes is 1. The van der Waals surface area contributed by atoms with Gasteiger partial charge in [0, 0.05) is 11.8 Å². The number of halogens is 2. The first-order valence-electron chi connectivity index (χ1n) is 13.5. The van der Waals surface area contributed by atoms with Crippen LogP contribution in [0.1, 0.15) is 78.9 Å². The lowest BCUT2D eigenvalue weighted by atomic mass is 9.78. The molecule has 4 rings (SSSR count). The maximum absolute atomic E-state index is 16.2. The maximum Gasteiger partial charge on any atom is 0.530 e. The molecular weight excluding hydrogens is 557 g/mol. The van der Waals surface area contributed by atoms with Crippen LogP contribution in [-0.2, 0) is 35.8 Å². The molecule has 3 heterocycles. The van der Waals surface area contributed by atoms with Crippen LogP contribution in [0.3, 0.4) is 0 Å². The minimum Gasteiger partial charge on any atom is -0.403 e. The molecule has 5 atom stereocenters. The third kappa shape index (κ3) is 5.31. The van der Waals surface area contributed by atoms with Gasteiger partial charge in [0.25, 0.3) is 11.4 Å². The van der Waals surface area contributed by atoms with Gasteiger partial charge in [-0.15, -0.1) is 0 Å². The summed E-state index contributed by atoms with van der Waals surface area (Å²) in [6.45, 7) is 5.76. The van der Waals surface area contributed by atoms with E-state index in [1.807, 2.05) is 0 Å². The number of alkyl halides is 1. The molecule has 0 spiro atoms. The molecule has 12 nitrogen and oxygen atoms in total. The first-order valence-corrected chi connectivity index (χ1v) is 13.5. The number of nitrogens with one attached hydrogen (secondary N) is 1. The molecule has 2 aromatic rings. The first-order chi connectivity index (χ1) is 19.4. The Labute approximate surface area is 231 Å². The lowest BCUT2D eigenvalue weighted by Crippen LogP contribution is -2.43. The van der Waals surface area contributed by atoms with Crippen molar-refractivity contribution in [2.24, 2.45) is 0 Å². The van der Waals surface area contributed by atoms with Crippen LogP contribution in [0, 0.1) is 5.82 Å². The molecule has 1 aromatic carbocycles. The zero-order chi connectivity index (χ0) is 32.7. The largest absolute Gasteiger partial charge is 0.530 e. The Bertz CT molecular complexity index is 1650. The van der Waals surface area contributed by atoms with E-state index < -0.39 is 78.7 Å². The highest BCUT2D eigenvalue weighted by molar-refractivity contribution is 7.49. The zero-order valence-corrected chi connectivity index (χ0v) is 23.3. The van der Waals surface area contributed by atoms with Gasteiger partial charge in [-0.05, 0) is 22.5 Å². The minimum atomic E-state index is -5.20. The quantitative estimate of drug-likeness (QED) is 0.348. The van der Waals surface area contributed by atoms with Gasteiger partial charge < -0.3 is 19.5 Å². The second kappa shape index (κ2) is 9.97. The summed E-state index contributed by atoms with van der Waals surface area (Å²) < 4.78 is 90.4. The number of nitrogens with zero attached hydrogens (tertiary/aromatic N) is 1. The van der Waals surface area contributed by atoms with Crippen LogP contribution in [0.25, 0.3) is 0 Å². The summed E-state index contributed by atoms with van der Waals surface area (Å²) in [6.07, 6.45) is -8.71. The molecule has 1 fully saturated rings. The molecule has 2 aliphatic rings. The number of rotatable bonds is 5. The molecule has 1 unspecified atom stereocenters. The van der Waals surface area contributed by atoms with Crippen molar-refractivity contribution >= 4 is 14.1 Å². The van der Waals surface area contributed by atoms with Gasteiger partial charge in [0.15, 0.2) is 12.5 Å². The van der Waals surface area contributed by atoms with Crippen molar-refractivity contribution in [3.05, 3.63) is 61.2 Å². The number of carbonyl (C=O) groups is 1. The van der Waals surface area contributed by atoms with E-state index in [0.717, 1.165) is 0 Å². The maximum atomic E-state index is 16.2. The summed E-state index contributed by atoms with van der Waals surface area (Å²) in [7, 11) is -5.20. The monoisotopic (exact) mass is 591 g/mol. The molecule has 220 valence electrons. The fourth-order valence-electron chi connectivity index (χ4n) is 4.10. The number of aliphatic hydroxyl groups excluding tert-OH is 2. The Balaban J connectivity index is 1.75. The number of aromatic amines is 1. The SMILES string of the molecule is [2H]C([2H])(OP1(=O)OCc2c(F)c(C(C)(C)C)cc(C(C)(C)C)c2O1)[C@@]1(F)O[C@@]([2H])(n2cc(C=O)c(=O)[nH]c2=O)[C@H](O)[C@@H]1O. The number of aliphatic hydroxyl groups is 2. The summed E-state index contributed by atoms with van der Waals surface area (Å²) in [6, 6.07) is 1.50. The minimum absolute atomic E-state index is 0.0264. The molecule has 0 saturated carbocycles. The molecule has 15 heteroatoms. The van der Waals surface area contributed by atoms with E-state index in [1.165, 1.54) is 6.07 Å². The van der Waals surface area contributed by atoms with E-state index in [1.54, 1.807) is 46.5 Å². The van der Waals surface area contributed by atoms with Crippen molar-refractivity contribution < 1.29 is 50.8 Å². The van der Waals surface area contributed by atoms with Gasteiger partial charge >= 0.3 is 13.5 Å². The van der Waals surface area contributed by atoms with Gasteiger partial charge in [-0.3, -0.25) is 28.2 Å². The van der Waals surface area contributed by atoms with E-state index >= 15 is 8.78 Å². The number of hydrogen-bond acceptors (Lipinski definition) is 10. The van der Waals surface area contributed by atoms with Gasteiger partial charge in [-0.25, -0.2) is 18.1 Å². The lowest BCUT2D eigenvalue weighted by Gasteiger charge is -2.34. The zero-order valence-electron chi connectivity index (χ0n) is 25.4. The Kier molecular flexibility index (Phi) is 6.52. The van der Waals surface area contributed by atoms with Crippen LogP contribution < -0.4 is 15.8 Å². The normalized spacial score (nSPS) is 32.0. The molecular formula is C25H31F2N2O10P. The number of aromatic nitrogens is 2. The van der Waals surface area contributed by atoms with Crippen molar-refractivity contribution in [3.8, 4) is 5.75 Å². The number of carbonyl (C=O) groups excluding carboxylic acids is 1. The predicted molar refractivity (Wildman–Crippen MR) is 135 cm³/mol. The average Bonchev–Trinajstić information content (AvgIpc) is 3.03. The Morgan fingerprint density at radius 1 is 1.27 bits per heavy atom. The molecule has 0 bridgehead atoms. The highest BCUT2D eigenvalue weighted by Crippen LogP contribution is 2.58. The second-order valence-electron chi connectivity index (χ2n) is 11.4. The number of phosphoric ester groups is 1. The van der Waals surface area contributed by atoms with Gasteiger partial charge in [0.05, 0.1) is 21.8 Å². The molecule has 0 amide bonds. The van der Waals surface area contributed by atoms with Gasteiger partial charge in [0.1, 0.15) is 30.3 Å². The molecule has 1 saturated heterocycles. The summed E-state index contributed by atoms with van der Waals surface area (Å²) in [4.78, 5) is 36.9. The summed E-state index contributed by atoms with van der Waals surface area (Å²) in [5.41, 5.74) is -4.37. The van der Waals surface area contributed by atoms with Crippen molar-refractivity contribution in [3.63, 3.8) is 0 Å². The van der Waals surface area contributed by atoms with E-state index in [4.69, 9.17) is 22.4 Å². The summed E-state index contributed by atoms with van der Waals surface area (Å²) >= 11 is 0. The van der Waals surface area contributed by atoms with Crippen LogP contribution in [0.2, 0.25) is 0 Å². The smallest absolute Gasteiger partial charge is 0.403 e. The fraction of sp³-hybridized carbons (Fsp3) is 0.560. The van der Waals surface area contributed by atoms with Crippen LogP contribution in [-0.4, -0.2) is 50.7 Å². The molecule has 40 heavy (non-hydrogen) atoms. The fourth-order valence-corrected chi connectivity index (χ4v) is 5.19. The summed E-state index contributed by atoms with van der Waals surface area (Å²) in [5.74, 6) is -5.27. The van der Waals surface area contributed by atoms with E-state index in [0.29, 0.717) is 11.8 Å². The van der Waals surface area contributed by atoms with Gasteiger partial charge in [0.2, 0.25) is 0 Å². The van der Waals surface area contributed by atoms with E-state index in [2.05, 4.69) is 0 Å². The van der Waals surface area contributed by atoms with Crippen LogP contribution in [0.4, 0.5) is 8.78 Å². The summed E-state index contributed by atoms with van der Waals surface area (Å²) in [5, 5.41) is 21.1. The third-order valence-electron chi connectivity index (χ3n) is 6.31. The Hall–Kier alpha value is -2.74. The number of hydrogen-bond donors (Lipinski definition) is 3. The average molecular weight is 592 g/mol. The third-order valence-corrected chi connectivity index (χ3v) is 7.48. The van der Waals surface area contributed by atoms with Crippen molar-refractivity contribution in [1.29, 1.82) is 0 Å². The number of fused-ring (bicyclic) bond motifs is 1. The molecule has 3 N–H and O–H groups in total. The number of phosphoric acid groups is 1. The topological polar surface area (TPSA) is 166 Å². The van der Waals surface area contributed by atoms with Crippen LogP contribution in [0.15, 0.2) is 21.9 Å². The van der Waals surface area contributed by atoms with Crippen molar-refractivity contribution in [2.45, 2.75) is 83.2 Å². The van der Waals surface area contributed by atoms with Gasteiger partial charge in [-0.2, -0.15) is 0 Å². The van der Waals surface area contributed by atoms with Crippen molar-refractivity contribution in [2.75, 3.05) is 6.56 Å². The van der Waals surface area contributed by atoms with Crippen LogP contribution >= 0.6 is 7.82 Å². The lowest BCUT2D eigenvalue weighted by molar-refractivity contribution is -0.205. The van der Waals surface area contributed by atoms with Crippen LogP contribution in [0.5, 0.6) is 5.75 Å². The molecule has 1 aromatic heterocycles. The van der Waals surface area contributed by atoms with E-state index in [-0.39, 0.29) is 27.7 Å². The number of benzene rings is 1. The van der Waals surface area contributed by atoms with Crippen molar-refractivity contribution in [1.82, 2.24) is 9.55 Å². The highest BCUT2D eigenvalue weighted by Gasteiger charge is 2.58. The second-order valence-corrected chi connectivity index (χ2v) is 12.9. The highest BCUT2D eigenvalue weighted by atomic mass is 31.2. The Morgan fingerprint density at radius 2 is 1.90 bits per heavy atom. The van der Waals surface area contributed by atoms with Gasteiger partial charge in [-0.1, -0.05) is 41.5 Å². The molecule has 0 aliphatic carbocycles. The number of H-pyrrole nitrogens is 1. The standard InChI is InChI=1S/C25H31F2N2O10P/c1-23(2,3)14-7-15(24(4,5)6)18-13(16(14)26)10-36-40(35,39-18)37-11-25(27)19(32)17(31)21(38-25)29-8-12(9-30)20(33)28-22(29)34/h7-9,17,19,21,31-32H,10-11H2,1-6H3,(H,28,33,34)/t17-,19+,21-,25-,40?/m1/s1/i11D2,21D. The first kappa shape index (κ1) is 26.2. The van der Waals surface area contributed by atoms with E-state index in [9.17, 15) is 29.2 Å². The predicted octanol–water partition coefficient (Wildman–Crippen LogP) is 2.73.